The summed E-state index contributed by atoms with van der Waals surface area (Å²) in [6.07, 6.45) is 0.621. The Hall–Kier alpha value is -1.31. The van der Waals surface area contributed by atoms with E-state index in [4.69, 9.17) is 9.26 Å². The molecular formula is C11H14N4O2S. The first-order valence-corrected chi connectivity index (χ1v) is 6.74. The molecule has 2 aromatic rings. The fourth-order valence-corrected chi connectivity index (χ4v) is 2.59. The van der Waals surface area contributed by atoms with Crippen molar-refractivity contribution in [3.8, 4) is 0 Å². The summed E-state index contributed by atoms with van der Waals surface area (Å²) in [5, 5.41) is 10.3. The highest BCUT2D eigenvalue weighted by atomic mass is 32.1. The maximum Gasteiger partial charge on any atom is 0.246 e. The number of aromatic nitrogens is 3. The van der Waals surface area contributed by atoms with E-state index in [0.29, 0.717) is 24.7 Å². The minimum Gasteiger partial charge on any atom is -0.378 e. The molecule has 0 radical (unpaired) electrons. The number of rotatable bonds is 3. The number of nitrogens with zero attached hydrogens (tertiary/aromatic N) is 3. The van der Waals surface area contributed by atoms with Gasteiger partial charge in [-0.15, -0.1) is 11.3 Å². The van der Waals surface area contributed by atoms with Crippen LogP contribution in [0, 0.1) is 6.92 Å². The van der Waals surface area contributed by atoms with Gasteiger partial charge in [0.15, 0.2) is 5.82 Å². The van der Waals surface area contributed by atoms with Gasteiger partial charge in [-0.3, -0.25) is 0 Å². The van der Waals surface area contributed by atoms with Crippen molar-refractivity contribution in [2.24, 2.45) is 0 Å². The van der Waals surface area contributed by atoms with Crippen LogP contribution in [-0.4, -0.2) is 34.9 Å². The topological polar surface area (TPSA) is 73.1 Å². The molecule has 0 saturated carbocycles. The van der Waals surface area contributed by atoms with Crippen molar-refractivity contribution in [1.82, 2.24) is 20.4 Å². The zero-order valence-electron chi connectivity index (χ0n) is 10.0. The molecule has 0 aromatic carbocycles. The Morgan fingerprint density at radius 2 is 2.44 bits per heavy atom. The van der Waals surface area contributed by atoms with Gasteiger partial charge in [-0.1, -0.05) is 5.16 Å². The van der Waals surface area contributed by atoms with E-state index in [1.165, 1.54) is 0 Å². The molecule has 3 heterocycles. The van der Waals surface area contributed by atoms with Gasteiger partial charge in [0.2, 0.25) is 5.89 Å². The van der Waals surface area contributed by atoms with Crippen LogP contribution in [0.15, 0.2) is 9.90 Å². The van der Waals surface area contributed by atoms with Gasteiger partial charge >= 0.3 is 0 Å². The third kappa shape index (κ3) is 2.58. The maximum atomic E-state index is 5.37. The molecule has 0 amide bonds. The fourth-order valence-electron chi connectivity index (χ4n) is 1.82. The zero-order chi connectivity index (χ0) is 12.4. The van der Waals surface area contributed by atoms with Crippen molar-refractivity contribution >= 4 is 11.3 Å². The highest BCUT2D eigenvalue weighted by Gasteiger charge is 2.21. The Morgan fingerprint density at radius 3 is 3.17 bits per heavy atom. The molecule has 1 aliphatic rings. The number of aryl methyl sites for hydroxylation is 1. The summed E-state index contributed by atoms with van der Waals surface area (Å²) in [7, 11) is 0. The molecule has 0 aliphatic carbocycles. The predicted molar refractivity (Wildman–Crippen MR) is 65.5 cm³/mol. The molecule has 18 heavy (non-hydrogen) atoms. The lowest BCUT2D eigenvalue weighted by Gasteiger charge is -2.20. The summed E-state index contributed by atoms with van der Waals surface area (Å²) in [6, 6.07) is 0.0121. The van der Waals surface area contributed by atoms with E-state index in [1.807, 2.05) is 12.3 Å². The van der Waals surface area contributed by atoms with E-state index in [9.17, 15) is 0 Å². The Kier molecular flexibility index (Phi) is 3.35. The number of hydrogen-bond donors (Lipinski definition) is 1. The third-order valence-electron chi connectivity index (χ3n) is 2.68. The van der Waals surface area contributed by atoms with Crippen LogP contribution in [-0.2, 0) is 11.2 Å². The van der Waals surface area contributed by atoms with Crippen LogP contribution in [0.3, 0.4) is 0 Å². The highest BCUT2D eigenvalue weighted by molar-refractivity contribution is 7.09. The van der Waals surface area contributed by atoms with E-state index in [0.717, 1.165) is 23.9 Å². The number of hydrogen-bond acceptors (Lipinski definition) is 7. The average Bonchev–Trinajstić information content (AvgIpc) is 3.01. The van der Waals surface area contributed by atoms with Gasteiger partial charge in [0.1, 0.15) is 11.0 Å². The number of morpholine rings is 1. The summed E-state index contributed by atoms with van der Waals surface area (Å²) in [4.78, 5) is 8.77. The van der Waals surface area contributed by atoms with Crippen LogP contribution in [0.5, 0.6) is 0 Å². The second-order valence-electron chi connectivity index (χ2n) is 4.19. The molecule has 1 saturated heterocycles. The van der Waals surface area contributed by atoms with Gasteiger partial charge in [0.05, 0.1) is 19.6 Å². The van der Waals surface area contributed by atoms with Gasteiger partial charge in [0, 0.05) is 17.6 Å². The van der Waals surface area contributed by atoms with Gasteiger partial charge in [-0.05, 0) is 6.92 Å². The van der Waals surface area contributed by atoms with Gasteiger partial charge in [-0.2, -0.15) is 4.98 Å². The van der Waals surface area contributed by atoms with E-state index >= 15 is 0 Å². The molecule has 1 fully saturated rings. The van der Waals surface area contributed by atoms with Crippen LogP contribution >= 0.6 is 11.3 Å². The number of thiazole rings is 1. The lowest BCUT2D eigenvalue weighted by Crippen LogP contribution is -2.34. The van der Waals surface area contributed by atoms with Crippen molar-refractivity contribution in [2.45, 2.75) is 19.4 Å². The highest BCUT2D eigenvalue weighted by Crippen LogP contribution is 2.16. The predicted octanol–water partition coefficient (Wildman–Crippen LogP) is 1.09. The second-order valence-corrected chi connectivity index (χ2v) is 5.13. The Labute approximate surface area is 108 Å². The average molecular weight is 266 g/mol. The Morgan fingerprint density at radius 1 is 1.50 bits per heavy atom. The minimum atomic E-state index is 0.0121. The molecule has 2 aromatic heterocycles. The zero-order valence-corrected chi connectivity index (χ0v) is 10.9. The van der Waals surface area contributed by atoms with Crippen molar-refractivity contribution in [2.75, 3.05) is 19.8 Å². The summed E-state index contributed by atoms with van der Waals surface area (Å²) in [6.45, 7) is 4.10. The maximum absolute atomic E-state index is 5.37. The Balaban J connectivity index is 1.69. The lowest BCUT2D eigenvalue weighted by atomic mass is 10.3. The summed E-state index contributed by atoms with van der Waals surface area (Å²) in [5.41, 5.74) is 1.03. The number of nitrogens with one attached hydrogen (secondary N) is 1. The SMILES string of the molecule is Cc1csc(Cc2noc(C3COCCN3)n2)n1. The van der Waals surface area contributed by atoms with Gasteiger partial charge < -0.3 is 14.6 Å². The van der Waals surface area contributed by atoms with E-state index in [-0.39, 0.29) is 6.04 Å². The monoisotopic (exact) mass is 266 g/mol. The first-order chi connectivity index (χ1) is 8.81. The molecule has 96 valence electrons. The molecular weight excluding hydrogens is 252 g/mol. The largest absolute Gasteiger partial charge is 0.378 e. The first-order valence-electron chi connectivity index (χ1n) is 5.86. The van der Waals surface area contributed by atoms with E-state index < -0.39 is 0 Å². The molecule has 0 bridgehead atoms. The van der Waals surface area contributed by atoms with Crippen molar-refractivity contribution in [3.63, 3.8) is 0 Å². The lowest BCUT2D eigenvalue weighted by molar-refractivity contribution is 0.0659. The van der Waals surface area contributed by atoms with Crippen LogP contribution in [0.4, 0.5) is 0 Å². The molecule has 1 atom stereocenters. The molecule has 1 unspecified atom stereocenters. The minimum absolute atomic E-state index is 0.0121. The summed E-state index contributed by atoms with van der Waals surface area (Å²) in [5.74, 6) is 1.27. The molecule has 1 aliphatic heterocycles. The molecule has 7 heteroatoms. The van der Waals surface area contributed by atoms with Crippen LogP contribution in [0.1, 0.15) is 28.5 Å². The second kappa shape index (κ2) is 5.13. The standard InChI is InChI=1S/C11H14N4O2S/c1-7-6-18-10(13-7)4-9-14-11(17-15-9)8-5-16-3-2-12-8/h6,8,12H,2-5H2,1H3. The quantitative estimate of drug-likeness (QED) is 0.896. The fraction of sp³-hybridized carbons (Fsp3) is 0.545. The molecule has 0 spiro atoms. The normalized spacial score (nSPS) is 20.2. The van der Waals surface area contributed by atoms with Crippen molar-refractivity contribution in [3.05, 3.63) is 27.8 Å². The number of ether oxygens (including phenoxy) is 1. The van der Waals surface area contributed by atoms with E-state index in [2.05, 4.69) is 20.4 Å². The molecule has 1 N–H and O–H groups in total. The molecule has 3 rings (SSSR count). The van der Waals surface area contributed by atoms with E-state index in [1.54, 1.807) is 11.3 Å². The van der Waals surface area contributed by atoms with Crippen molar-refractivity contribution in [1.29, 1.82) is 0 Å². The summed E-state index contributed by atoms with van der Waals surface area (Å²) < 4.78 is 10.6. The Bertz CT molecular complexity index is 519. The van der Waals surface area contributed by atoms with Crippen LogP contribution in [0.2, 0.25) is 0 Å². The van der Waals surface area contributed by atoms with Crippen LogP contribution < -0.4 is 5.32 Å². The smallest absolute Gasteiger partial charge is 0.246 e. The van der Waals surface area contributed by atoms with Crippen molar-refractivity contribution < 1.29 is 9.26 Å². The van der Waals surface area contributed by atoms with Crippen LogP contribution in [0.25, 0.3) is 0 Å². The van der Waals surface area contributed by atoms with Gasteiger partial charge in [-0.25, -0.2) is 4.98 Å². The first kappa shape index (κ1) is 11.8. The van der Waals surface area contributed by atoms with Gasteiger partial charge in [0.25, 0.3) is 0 Å². The molecule has 6 nitrogen and oxygen atoms in total. The third-order valence-corrected chi connectivity index (χ3v) is 3.65. The summed E-state index contributed by atoms with van der Waals surface area (Å²) >= 11 is 1.62.